The number of amides is 3. The highest BCUT2D eigenvalue weighted by molar-refractivity contribution is 7.98. The normalized spacial score (nSPS) is 19.6. The number of thiol groups is 1. The fourth-order valence-corrected chi connectivity index (χ4v) is 3.27. The Morgan fingerprint density at radius 1 is 1.19 bits per heavy atom. The second-order valence-electron chi connectivity index (χ2n) is 6.30. The SMILES string of the molecule is CSCCC(NC(=O)C(C)NC(=O)C1CCCN1)C(=O)NC(CS)C(=O)O. The van der Waals surface area contributed by atoms with Gasteiger partial charge in [-0.05, 0) is 44.7 Å². The maximum Gasteiger partial charge on any atom is 0.327 e. The maximum absolute atomic E-state index is 12.4. The van der Waals surface area contributed by atoms with Crippen LogP contribution in [0, 0.1) is 0 Å². The third-order valence-corrected chi connectivity index (χ3v) is 5.18. The van der Waals surface area contributed by atoms with Crippen molar-refractivity contribution in [1.82, 2.24) is 21.3 Å². The van der Waals surface area contributed by atoms with E-state index in [4.69, 9.17) is 5.11 Å². The lowest BCUT2D eigenvalue weighted by Crippen LogP contribution is -2.56. The molecule has 4 atom stereocenters. The molecule has 0 aromatic rings. The van der Waals surface area contributed by atoms with Gasteiger partial charge in [-0.1, -0.05) is 0 Å². The number of thioether (sulfide) groups is 1. The first-order valence-corrected chi connectivity index (χ1v) is 10.8. The quantitative estimate of drug-likeness (QED) is 0.235. The largest absolute Gasteiger partial charge is 0.480 e. The van der Waals surface area contributed by atoms with Crippen LogP contribution in [0.3, 0.4) is 0 Å². The van der Waals surface area contributed by atoms with Crippen molar-refractivity contribution in [2.24, 2.45) is 0 Å². The van der Waals surface area contributed by atoms with Gasteiger partial charge in [0.2, 0.25) is 17.7 Å². The molecule has 0 radical (unpaired) electrons. The van der Waals surface area contributed by atoms with Crippen LogP contribution in [0.25, 0.3) is 0 Å². The van der Waals surface area contributed by atoms with E-state index in [9.17, 15) is 19.2 Å². The molecule has 1 aliphatic rings. The first-order valence-electron chi connectivity index (χ1n) is 8.77. The Kier molecular flexibility index (Phi) is 10.6. The molecule has 0 saturated carbocycles. The first kappa shape index (κ1) is 23.6. The smallest absolute Gasteiger partial charge is 0.327 e. The van der Waals surface area contributed by atoms with Crippen molar-refractivity contribution in [2.75, 3.05) is 24.3 Å². The summed E-state index contributed by atoms with van der Waals surface area (Å²) < 4.78 is 0. The molecule has 9 nitrogen and oxygen atoms in total. The number of carbonyl (C=O) groups is 4. The fraction of sp³-hybridized carbons (Fsp3) is 0.750. The molecule has 0 bridgehead atoms. The summed E-state index contributed by atoms with van der Waals surface area (Å²) in [4.78, 5) is 48.0. The molecule has 1 rings (SSSR count). The highest BCUT2D eigenvalue weighted by atomic mass is 32.2. The van der Waals surface area contributed by atoms with Gasteiger partial charge in [-0.3, -0.25) is 14.4 Å². The van der Waals surface area contributed by atoms with Crippen LogP contribution in [0.4, 0.5) is 0 Å². The van der Waals surface area contributed by atoms with E-state index in [0.717, 1.165) is 19.4 Å². The molecule has 3 amide bonds. The van der Waals surface area contributed by atoms with E-state index in [-0.39, 0.29) is 17.7 Å². The minimum absolute atomic E-state index is 0.0644. The Balaban J connectivity index is 2.64. The van der Waals surface area contributed by atoms with E-state index in [2.05, 4.69) is 33.9 Å². The minimum atomic E-state index is -1.20. The lowest BCUT2D eigenvalue weighted by molar-refractivity contribution is -0.141. The zero-order valence-corrected chi connectivity index (χ0v) is 17.2. The molecule has 0 aromatic heterocycles. The Hall–Kier alpha value is -1.46. The van der Waals surface area contributed by atoms with Gasteiger partial charge in [0.15, 0.2) is 0 Å². The van der Waals surface area contributed by atoms with Crippen LogP contribution in [0.15, 0.2) is 0 Å². The molecular formula is C16H28N4O5S2. The number of carboxylic acids is 1. The van der Waals surface area contributed by atoms with Crippen LogP contribution in [-0.2, 0) is 19.2 Å². The van der Waals surface area contributed by atoms with Crippen LogP contribution in [0.1, 0.15) is 26.2 Å². The second-order valence-corrected chi connectivity index (χ2v) is 7.65. The van der Waals surface area contributed by atoms with Crippen molar-refractivity contribution in [2.45, 2.75) is 50.4 Å². The second kappa shape index (κ2) is 12.1. The van der Waals surface area contributed by atoms with Crippen LogP contribution in [-0.4, -0.2) is 77.3 Å². The third kappa shape index (κ3) is 7.97. The van der Waals surface area contributed by atoms with Gasteiger partial charge in [-0.15, -0.1) is 0 Å². The van der Waals surface area contributed by atoms with Crippen molar-refractivity contribution in [3.8, 4) is 0 Å². The zero-order chi connectivity index (χ0) is 20.4. The Labute approximate surface area is 168 Å². The number of nitrogens with one attached hydrogen (secondary N) is 4. The highest BCUT2D eigenvalue weighted by Gasteiger charge is 2.29. The number of aliphatic carboxylic acids is 1. The molecule has 1 heterocycles. The van der Waals surface area contributed by atoms with Crippen LogP contribution in [0.5, 0.6) is 0 Å². The lowest BCUT2D eigenvalue weighted by atomic mass is 10.1. The number of hydrogen-bond acceptors (Lipinski definition) is 7. The summed E-state index contributed by atoms with van der Waals surface area (Å²) in [6.07, 6.45) is 3.83. The monoisotopic (exact) mass is 420 g/mol. The summed E-state index contributed by atoms with van der Waals surface area (Å²) in [6.45, 7) is 2.31. The van der Waals surface area contributed by atoms with Gasteiger partial charge in [0, 0.05) is 5.75 Å². The average Bonchev–Trinajstić information content (AvgIpc) is 3.17. The maximum atomic E-state index is 12.4. The van der Waals surface area contributed by atoms with Crippen molar-refractivity contribution >= 4 is 48.1 Å². The molecule has 4 unspecified atom stereocenters. The van der Waals surface area contributed by atoms with Crippen molar-refractivity contribution in [1.29, 1.82) is 0 Å². The van der Waals surface area contributed by atoms with E-state index < -0.39 is 35.9 Å². The van der Waals surface area contributed by atoms with Crippen molar-refractivity contribution in [3.63, 3.8) is 0 Å². The summed E-state index contributed by atoms with van der Waals surface area (Å²) in [5.41, 5.74) is 0. The average molecular weight is 421 g/mol. The number of rotatable bonds is 11. The van der Waals surface area contributed by atoms with E-state index >= 15 is 0 Å². The Morgan fingerprint density at radius 2 is 1.85 bits per heavy atom. The lowest BCUT2D eigenvalue weighted by Gasteiger charge is -2.23. The summed E-state index contributed by atoms with van der Waals surface area (Å²) in [5, 5.41) is 19.7. The molecule has 0 spiro atoms. The topological polar surface area (TPSA) is 137 Å². The van der Waals surface area contributed by atoms with Crippen molar-refractivity contribution < 1.29 is 24.3 Å². The van der Waals surface area contributed by atoms with E-state index in [1.807, 2.05) is 6.26 Å². The Bertz CT molecular complexity index is 543. The molecular weight excluding hydrogens is 392 g/mol. The highest BCUT2D eigenvalue weighted by Crippen LogP contribution is 2.06. The number of carboxylic acid groups (broad SMARTS) is 1. The summed E-state index contributed by atoms with van der Waals surface area (Å²) in [7, 11) is 0. The van der Waals surface area contributed by atoms with Gasteiger partial charge in [0.05, 0.1) is 6.04 Å². The van der Waals surface area contributed by atoms with Gasteiger partial charge >= 0.3 is 5.97 Å². The third-order valence-electron chi connectivity index (χ3n) is 4.17. The summed E-state index contributed by atoms with van der Waals surface area (Å²) in [5.74, 6) is -2.00. The predicted molar refractivity (Wildman–Crippen MR) is 107 cm³/mol. The predicted octanol–water partition coefficient (Wildman–Crippen LogP) is -1.02. The molecule has 1 fully saturated rings. The molecule has 5 N–H and O–H groups in total. The van der Waals surface area contributed by atoms with Gasteiger partial charge in [-0.25, -0.2) is 4.79 Å². The van der Waals surface area contributed by atoms with E-state index in [1.165, 1.54) is 11.8 Å². The van der Waals surface area contributed by atoms with Gasteiger partial charge < -0.3 is 26.4 Å². The number of hydrogen-bond donors (Lipinski definition) is 6. The zero-order valence-electron chi connectivity index (χ0n) is 15.5. The van der Waals surface area contributed by atoms with Crippen LogP contribution >= 0.6 is 24.4 Å². The van der Waals surface area contributed by atoms with Gasteiger partial charge in [0.1, 0.15) is 18.1 Å². The van der Waals surface area contributed by atoms with Gasteiger partial charge in [0.25, 0.3) is 0 Å². The summed E-state index contributed by atoms with van der Waals surface area (Å²) >= 11 is 5.41. The molecule has 27 heavy (non-hydrogen) atoms. The first-order chi connectivity index (χ1) is 12.8. The van der Waals surface area contributed by atoms with E-state index in [0.29, 0.717) is 12.2 Å². The molecule has 154 valence electrons. The summed E-state index contributed by atoms with van der Waals surface area (Å²) in [6, 6.07) is -3.15. The number of carbonyl (C=O) groups excluding carboxylic acids is 3. The molecule has 1 aliphatic heterocycles. The van der Waals surface area contributed by atoms with Crippen LogP contribution < -0.4 is 21.3 Å². The van der Waals surface area contributed by atoms with E-state index in [1.54, 1.807) is 6.92 Å². The van der Waals surface area contributed by atoms with Crippen molar-refractivity contribution in [3.05, 3.63) is 0 Å². The fourth-order valence-electron chi connectivity index (χ4n) is 2.55. The Morgan fingerprint density at radius 3 is 2.37 bits per heavy atom. The van der Waals surface area contributed by atoms with Crippen LogP contribution in [0.2, 0.25) is 0 Å². The standard InChI is InChI=1S/C16H28N4O5S2/c1-9(18-14(22)10-4-3-6-17-10)13(21)19-11(5-7-27-2)15(23)20-12(8-26)16(24)25/h9-12,17,26H,3-8H2,1-2H3,(H,18,22)(H,19,21)(H,20,23)(H,24,25). The molecule has 0 aliphatic carbocycles. The molecule has 11 heteroatoms. The molecule has 0 aromatic carbocycles. The van der Waals surface area contributed by atoms with Gasteiger partial charge in [-0.2, -0.15) is 24.4 Å². The molecule has 1 saturated heterocycles. The minimum Gasteiger partial charge on any atom is -0.480 e.